The van der Waals surface area contributed by atoms with E-state index in [2.05, 4.69) is 37.4 Å². The summed E-state index contributed by atoms with van der Waals surface area (Å²) < 4.78 is 0. The van der Waals surface area contributed by atoms with Gasteiger partial charge in [-0.2, -0.15) is 0 Å². The van der Waals surface area contributed by atoms with Crippen molar-refractivity contribution < 1.29 is 0 Å². The van der Waals surface area contributed by atoms with Gasteiger partial charge in [0.15, 0.2) is 0 Å². The molecule has 70 valence electrons. The lowest BCUT2D eigenvalue weighted by atomic mass is 10.1. The Morgan fingerprint density at radius 2 is 2.08 bits per heavy atom. The summed E-state index contributed by atoms with van der Waals surface area (Å²) in [5.74, 6) is 0. The lowest BCUT2D eigenvalue weighted by Gasteiger charge is -2.13. The van der Waals surface area contributed by atoms with Crippen molar-refractivity contribution in [2.24, 2.45) is 0 Å². The largest absolute Gasteiger partial charge is 0.378 e. The quantitative estimate of drug-likeness (QED) is 0.740. The van der Waals surface area contributed by atoms with E-state index in [4.69, 9.17) is 12.2 Å². The third-order valence-electron chi connectivity index (χ3n) is 1.97. The first-order valence-electron chi connectivity index (χ1n) is 4.42. The van der Waals surface area contributed by atoms with E-state index in [1.807, 2.05) is 6.92 Å². The normalized spacial score (nSPS) is 12.2. The maximum Gasteiger partial charge on any atom is 0.0518 e. The van der Waals surface area contributed by atoms with Crippen LogP contribution in [0.25, 0.3) is 0 Å². The second-order valence-electron chi connectivity index (χ2n) is 3.39. The zero-order chi connectivity index (χ0) is 9.84. The van der Waals surface area contributed by atoms with Crippen LogP contribution in [0, 0.1) is 13.8 Å². The molecule has 1 rings (SSSR count). The van der Waals surface area contributed by atoms with Gasteiger partial charge in [-0.1, -0.05) is 29.9 Å². The standard InChI is InChI=1S/C11H15NS/c1-8-4-5-11(9(2)6-8)12-10(3)7-13/h4-7,10,12H,1-3H3. The molecule has 1 N–H and O–H groups in total. The average molecular weight is 193 g/mol. The second-order valence-corrected chi connectivity index (χ2v) is 3.66. The van der Waals surface area contributed by atoms with Crippen molar-refractivity contribution in [1.29, 1.82) is 0 Å². The highest BCUT2D eigenvalue weighted by Gasteiger charge is 2.00. The molecule has 2 heteroatoms. The summed E-state index contributed by atoms with van der Waals surface area (Å²) in [6, 6.07) is 6.61. The molecule has 0 radical (unpaired) electrons. The van der Waals surface area contributed by atoms with Gasteiger partial charge in [-0.3, -0.25) is 0 Å². The summed E-state index contributed by atoms with van der Waals surface area (Å²) in [5, 5.41) is 5.06. The number of thiocarbonyl (C=S) groups is 1. The van der Waals surface area contributed by atoms with Crippen LogP contribution in [0.2, 0.25) is 0 Å². The first-order valence-corrected chi connectivity index (χ1v) is 4.89. The third kappa shape index (κ3) is 2.81. The fourth-order valence-corrected chi connectivity index (χ4v) is 1.32. The summed E-state index contributed by atoms with van der Waals surface area (Å²) >= 11 is 4.86. The molecule has 0 saturated heterocycles. The molecule has 1 aromatic rings. The summed E-state index contributed by atoms with van der Waals surface area (Å²) in [4.78, 5) is 0. The molecule has 0 heterocycles. The molecular weight excluding hydrogens is 178 g/mol. The van der Waals surface area contributed by atoms with Gasteiger partial charge in [0.2, 0.25) is 0 Å². The van der Waals surface area contributed by atoms with E-state index in [-0.39, 0.29) is 6.04 Å². The van der Waals surface area contributed by atoms with Crippen molar-refractivity contribution in [2.45, 2.75) is 26.8 Å². The molecule has 1 unspecified atom stereocenters. The Balaban J connectivity index is 2.83. The van der Waals surface area contributed by atoms with Crippen LogP contribution in [-0.4, -0.2) is 11.4 Å². The van der Waals surface area contributed by atoms with Gasteiger partial charge in [-0.05, 0) is 32.4 Å². The van der Waals surface area contributed by atoms with Crippen LogP contribution in [0.3, 0.4) is 0 Å². The minimum atomic E-state index is 0.247. The zero-order valence-corrected chi connectivity index (χ0v) is 9.11. The lowest BCUT2D eigenvalue weighted by molar-refractivity contribution is 1.08. The van der Waals surface area contributed by atoms with Gasteiger partial charge in [0.25, 0.3) is 0 Å². The zero-order valence-electron chi connectivity index (χ0n) is 8.29. The molecule has 1 atom stereocenters. The fraction of sp³-hybridized carbons (Fsp3) is 0.364. The van der Waals surface area contributed by atoms with E-state index in [1.165, 1.54) is 16.8 Å². The summed E-state index contributed by atoms with van der Waals surface area (Å²) in [5.41, 5.74) is 3.72. The van der Waals surface area contributed by atoms with Crippen molar-refractivity contribution in [2.75, 3.05) is 5.32 Å². The third-order valence-corrected chi connectivity index (χ3v) is 2.38. The molecule has 0 amide bonds. The molecule has 0 fully saturated rings. The molecule has 1 aromatic carbocycles. The lowest BCUT2D eigenvalue weighted by Crippen LogP contribution is -2.15. The topological polar surface area (TPSA) is 12.0 Å². The number of anilines is 1. The first kappa shape index (κ1) is 10.2. The van der Waals surface area contributed by atoms with E-state index in [0.29, 0.717) is 0 Å². The van der Waals surface area contributed by atoms with Crippen molar-refractivity contribution in [3.8, 4) is 0 Å². The Hall–Kier alpha value is -0.890. The molecule has 0 aliphatic heterocycles. The molecule has 0 aliphatic carbocycles. The molecule has 0 aliphatic rings. The fourth-order valence-electron chi connectivity index (χ4n) is 1.25. The Morgan fingerprint density at radius 1 is 1.38 bits per heavy atom. The van der Waals surface area contributed by atoms with Crippen LogP contribution in [0.15, 0.2) is 18.2 Å². The van der Waals surface area contributed by atoms with Crippen molar-refractivity contribution >= 4 is 23.3 Å². The van der Waals surface area contributed by atoms with Crippen LogP contribution in [0.1, 0.15) is 18.1 Å². The predicted octanol–water partition coefficient (Wildman–Crippen LogP) is 3.10. The van der Waals surface area contributed by atoms with Crippen LogP contribution >= 0.6 is 12.2 Å². The molecule has 13 heavy (non-hydrogen) atoms. The van der Waals surface area contributed by atoms with Crippen LogP contribution < -0.4 is 5.32 Å². The second kappa shape index (κ2) is 4.38. The van der Waals surface area contributed by atoms with Gasteiger partial charge in [0.1, 0.15) is 0 Å². The Bertz CT molecular complexity index is 307. The van der Waals surface area contributed by atoms with Crippen molar-refractivity contribution in [1.82, 2.24) is 0 Å². The van der Waals surface area contributed by atoms with E-state index < -0.39 is 0 Å². The number of nitrogens with one attached hydrogen (secondary N) is 1. The molecule has 1 nitrogen and oxygen atoms in total. The van der Waals surface area contributed by atoms with Crippen molar-refractivity contribution in [3.63, 3.8) is 0 Å². The van der Waals surface area contributed by atoms with Crippen molar-refractivity contribution in [3.05, 3.63) is 29.3 Å². The van der Waals surface area contributed by atoms with Crippen LogP contribution in [0.5, 0.6) is 0 Å². The van der Waals surface area contributed by atoms with Gasteiger partial charge in [-0.25, -0.2) is 0 Å². The SMILES string of the molecule is Cc1ccc(NC(C)C=S)c(C)c1. The van der Waals surface area contributed by atoms with E-state index in [1.54, 1.807) is 5.37 Å². The highest BCUT2D eigenvalue weighted by atomic mass is 32.1. The Kier molecular flexibility index (Phi) is 3.43. The molecule has 0 spiro atoms. The Morgan fingerprint density at radius 3 is 2.62 bits per heavy atom. The van der Waals surface area contributed by atoms with Crippen LogP contribution in [0.4, 0.5) is 5.69 Å². The molecule has 0 bridgehead atoms. The van der Waals surface area contributed by atoms with Crippen LogP contribution in [-0.2, 0) is 0 Å². The highest BCUT2D eigenvalue weighted by Crippen LogP contribution is 2.16. The monoisotopic (exact) mass is 193 g/mol. The summed E-state index contributed by atoms with van der Waals surface area (Å²) in [6.45, 7) is 6.25. The predicted molar refractivity (Wildman–Crippen MR) is 62.7 cm³/mol. The highest BCUT2D eigenvalue weighted by molar-refractivity contribution is 7.79. The number of hydrogen-bond donors (Lipinski definition) is 1. The first-order chi connectivity index (χ1) is 6.13. The minimum Gasteiger partial charge on any atom is -0.378 e. The Labute approximate surface area is 85.2 Å². The van der Waals surface area contributed by atoms with Gasteiger partial charge in [0, 0.05) is 11.1 Å². The minimum absolute atomic E-state index is 0.247. The molecule has 0 aromatic heterocycles. The maximum atomic E-state index is 4.86. The number of rotatable bonds is 3. The molecular formula is C11H15NS. The van der Waals surface area contributed by atoms with E-state index in [0.717, 1.165) is 0 Å². The van der Waals surface area contributed by atoms with Gasteiger partial charge < -0.3 is 5.32 Å². The number of hydrogen-bond acceptors (Lipinski definition) is 2. The smallest absolute Gasteiger partial charge is 0.0518 e. The van der Waals surface area contributed by atoms with Gasteiger partial charge >= 0.3 is 0 Å². The summed E-state index contributed by atoms with van der Waals surface area (Å²) in [7, 11) is 0. The summed E-state index contributed by atoms with van der Waals surface area (Å²) in [6.07, 6.45) is 0. The number of benzene rings is 1. The van der Waals surface area contributed by atoms with E-state index in [9.17, 15) is 0 Å². The average Bonchev–Trinajstić information content (AvgIpc) is 2.09. The maximum absolute atomic E-state index is 4.86. The van der Waals surface area contributed by atoms with E-state index >= 15 is 0 Å². The number of aryl methyl sites for hydroxylation is 2. The molecule has 0 saturated carbocycles. The van der Waals surface area contributed by atoms with Gasteiger partial charge in [0.05, 0.1) is 6.04 Å². The van der Waals surface area contributed by atoms with Gasteiger partial charge in [-0.15, -0.1) is 0 Å².